The van der Waals surface area contributed by atoms with Crippen molar-refractivity contribution in [1.29, 1.82) is 0 Å². The average molecular weight is 345 g/mol. The number of fused-ring (bicyclic) bond motifs is 1. The highest BCUT2D eigenvalue weighted by Gasteiger charge is 2.12. The van der Waals surface area contributed by atoms with Gasteiger partial charge in [-0.15, -0.1) is 11.3 Å². The lowest BCUT2D eigenvalue weighted by Crippen LogP contribution is -2.19. The van der Waals surface area contributed by atoms with Gasteiger partial charge in [-0.25, -0.2) is 5.43 Å². The van der Waals surface area contributed by atoms with E-state index in [4.69, 9.17) is 11.6 Å². The number of phenolic OH excluding ortho intramolecular Hbond substituents is 1. The quantitative estimate of drug-likeness (QED) is 0.546. The van der Waals surface area contributed by atoms with Crippen molar-refractivity contribution in [3.63, 3.8) is 0 Å². The monoisotopic (exact) mass is 344 g/mol. The van der Waals surface area contributed by atoms with E-state index >= 15 is 0 Å². The minimum Gasteiger partial charge on any atom is -0.507 e. The lowest BCUT2D eigenvalue weighted by atomic mass is 10.1. The van der Waals surface area contributed by atoms with Crippen molar-refractivity contribution in [3.8, 4) is 5.75 Å². The predicted octanol–water partition coefficient (Wildman–Crippen LogP) is 4.41. The SMILES string of the molecule is CC(=NNC(=O)c1cc2ccccc2cc1O)c1ccc(Cl)s1. The Morgan fingerprint density at radius 1 is 1.17 bits per heavy atom. The molecule has 4 nitrogen and oxygen atoms in total. The number of benzene rings is 2. The zero-order valence-electron chi connectivity index (χ0n) is 12.2. The molecular formula is C17H13ClN2O2S. The Bertz CT molecular complexity index is 918. The molecule has 1 heterocycles. The molecule has 0 bridgehead atoms. The van der Waals surface area contributed by atoms with Crippen molar-refractivity contribution >= 4 is 45.3 Å². The molecule has 1 amide bonds. The number of hydrazone groups is 1. The summed E-state index contributed by atoms with van der Waals surface area (Å²) in [5.74, 6) is -0.538. The number of carbonyl (C=O) groups is 1. The summed E-state index contributed by atoms with van der Waals surface area (Å²) < 4.78 is 0.660. The summed E-state index contributed by atoms with van der Waals surface area (Å²) in [6.07, 6.45) is 0. The molecule has 0 atom stereocenters. The van der Waals surface area contributed by atoms with Crippen LogP contribution >= 0.6 is 22.9 Å². The third-order valence-electron chi connectivity index (χ3n) is 3.36. The van der Waals surface area contributed by atoms with Crippen LogP contribution in [-0.4, -0.2) is 16.7 Å². The number of carbonyl (C=O) groups excluding carboxylic acids is 1. The van der Waals surface area contributed by atoms with Crippen molar-refractivity contribution in [2.75, 3.05) is 0 Å². The van der Waals surface area contributed by atoms with Crippen LogP contribution in [0.5, 0.6) is 5.75 Å². The largest absolute Gasteiger partial charge is 0.507 e. The minimum atomic E-state index is -0.463. The second-order valence-corrected chi connectivity index (χ2v) is 6.67. The minimum absolute atomic E-state index is 0.0757. The second-order valence-electron chi connectivity index (χ2n) is 4.96. The fourth-order valence-electron chi connectivity index (χ4n) is 2.17. The van der Waals surface area contributed by atoms with Crippen LogP contribution < -0.4 is 5.43 Å². The fraction of sp³-hybridized carbons (Fsp3) is 0.0588. The molecule has 116 valence electrons. The summed E-state index contributed by atoms with van der Waals surface area (Å²) in [4.78, 5) is 13.1. The van der Waals surface area contributed by atoms with E-state index < -0.39 is 5.91 Å². The maximum atomic E-state index is 12.2. The van der Waals surface area contributed by atoms with E-state index in [1.54, 1.807) is 25.1 Å². The summed E-state index contributed by atoms with van der Waals surface area (Å²) in [7, 11) is 0. The summed E-state index contributed by atoms with van der Waals surface area (Å²) in [6.45, 7) is 1.78. The van der Waals surface area contributed by atoms with Gasteiger partial charge in [-0.05, 0) is 42.0 Å². The highest BCUT2D eigenvalue weighted by Crippen LogP contribution is 2.25. The molecule has 0 aliphatic rings. The molecule has 0 saturated heterocycles. The van der Waals surface area contributed by atoms with Crippen LogP contribution in [0.15, 0.2) is 53.6 Å². The van der Waals surface area contributed by atoms with E-state index in [0.29, 0.717) is 10.0 Å². The number of rotatable bonds is 3. The zero-order chi connectivity index (χ0) is 16.4. The zero-order valence-corrected chi connectivity index (χ0v) is 13.8. The molecule has 0 fully saturated rings. The molecule has 0 saturated carbocycles. The first-order valence-corrected chi connectivity index (χ1v) is 8.06. The van der Waals surface area contributed by atoms with Crippen molar-refractivity contribution in [1.82, 2.24) is 5.43 Å². The summed E-state index contributed by atoms with van der Waals surface area (Å²) >= 11 is 7.26. The van der Waals surface area contributed by atoms with Gasteiger partial charge in [0.05, 0.1) is 20.5 Å². The number of amides is 1. The van der Waals surface area contributed by atoms with E-state index in [0.717, 1.165) is 15.6 Å². The number of hydrogen-bond donors (Lipinski definition) is 2. The molecule has 23 heavy (non-hydrogen) atoms. The molecule has 0 spiro atoms. The van der Waals surface area contributed by atoms with Gasteiger partial charge in [-0.2, -0.15) is 5.10 Å². The first-order valence-electron chi connectivity index (χ1n) is 6.86. The lowest BCUT2D eigenvalue weighted by Gasteiger charge is -2.06. The van der Waals surface area contributed by atoms with E-state index in [-0.39, 0.29) is 11.3 Å². The van der Waals surface area contributed by atoms with Crippen molar-refractivity contribution in [2.45, 2.75) is 6.92 Å². The van der Waals surface area contributed by atoms with Crippen molar-refractivity contribution in [2.24, 2.45) is 5.10 Å². The van der Waals surface area contributed by atoms with E-state index in [9.17, 15) is 9.90 Å². The number of nitrogens with zero attached hydrogens (tertiary/aromatic N) is 1. The van der Waals surface area contributed by atoms with Gasteiger partial charge in [0.15, 0.2) is 0 Å². The smallest absolute Gasteiger partial charge is 0.275 e. The van der Waals surface area contributed by atoms with E-state index in [2.05, 4.69) is 10.5 Å². The van der Waals surface area contributed by atoms with Gasteiger partial charge in [-0.3, -0.25) is 4.79 Å². The predicted molar refractivity (Wildman–Crippen MR) is 94.6 cm³/mol. The molecule has 0 radical (unpaired) electrons. The van der Waals surface area contributed by atoms with E-state index in [1.165, 1.54) is 11.3 Å². The van der Waals surface area contributed by atoms with Crippen LogP contribution in [0.2, 0.25) is 4.34 Å². The third-order valence-corrected chi connectivity index (χ3v) is 4.70. The molecule has 1 aromatic heterocycles. The number of aromatic hydroxyl groups is 1. The molecule has 0 aliphatic heterocycles. The van der Waals surface area contributed by atoms with Crippen LogP contribution in [-0.2, 0) is 0 Å². The fourth-order valence-corrected chi connectivity index (χ4v) is 3.16. The maximum Gasteiger partial charge on any atom is 0.275 e. The van der Waals surface area contributed by atoms with Crippen LogP contribution in [0.4, 0.5) is 0 Å². The highest BCUT2D eigenvalue weighted by atomic mass is 35.5. The van der Waals surface area contributed by atoms with Gasteiger partial charge in [0.1, 0.15) is 5.75 Å². The molecular weight excluding hydrogens is 332 g/mol. The topological polar surface area (TPSA) is 61.7 Å². The summed E-state index contributed by atoms with van der Waals surface area (Å²) in [5, 5.41) is 15.8. The van der Waals surface area contributed by atoms with Gasteiger partial charge in [-0.1, -0.05) is 35.9 Å². The molecule has 6 heteroatoms. The Kier molecular flexibility index (Phi) is 4.32. The molecule has 0 unspecified atom stereocenters. The van der Waals surface area contributed by atoms with Crippen molar-refractivity contribution in [3.05, 3.63) is 63.3 Å². The Balaban J connectivity index is 1.84. The number of phenols is 1. The van der Waals surface area contributed by atoms with Gasteiger partial charge >= 0.3 is 0 Å². The maximum absolute atomic E-state index is 12.2. The molecule has 2 N–H and O–H groups in total. The van der Waals surface area contributed by atoms with Crippen LogP contribution in [0, 0.1) is 0 Å². The number of hydrogen-bond acceptors (Lipinski definition) is 4. The Morgan fingerprint density at radius 3 is 2.52 bits per heavy atom. The van der Waals surface area contributed by atoms with Crippen molar-refractivity contribution < 1.29 is 9.90 Å². The van der Waals surface area contributed by atoms with Crippen LogP contribution in [0.25, 0.3) is 10.8 Å². The number of thiophene rings is 1. The molecule has 3 rings (SSSR count). The van der Waals surface area contributed by atoms with Gasteiger partial charge in [0, 0.05) is 0 Å². The van der Waals surface area contributed by atoms with Gasteiger partial charge in [0.25, 0.3) is 5.91 Å². The molecule has 2 aromatic carbocycles. The average Bonchev–Trinajstić information content (AvgIpc) is 2.98. The third kappa shape index (κ3) is 3.36. The Labute approximate surface area is 142 Å². The van der Waals surface area contributed by atoms with Gasteiger partial charge < -0.3 is 5.11 Å². The normalized spacial score (nSPS) is 11.7. The first kappa shape index (κ1) is 15.5. The van der Waals surface area contributed by atoms with Gasteiger partial charge in [0.2, 0.25) is 0 Å². The Morgan fingerprint density at radius 2 is 1.87 bits per heavy atom. The number of nitrogens with one attached hydrogen (secondary N) is 1. The first-order chi connectivity index (χ1) is 11.0. The Hall–Kier alpha value is -2.37. The standard InChI is InChI=1S/C17H13ClN2O2S/c1-10(15-6-7-16(18)23-15)19-20-17(22)13-8-11-4-2-3-5-12(11)9-14(13)21/h2-9,21H,1H3,(H,20,22). The van der Waals surface area contributed by atoms with Crippen LogP contribution in [0.1, 0.15) is 22.2 Å². The molecule has 3 aromatic rings. The van der Waals surface area contributed by atoms with Crippen LogP contribution in [0.3, 0.4) is 0 Å². The number of halogens is 1. The highest BCUT2D eigenvalue weighted by molar-refractivity contribution is 7.18. The molecule has 0 aliphatic carbocycles. The summed E-state index contributed by atoms with van der Waals surface area (Å²) in [6, 6.07) is 14.3. The van der Waals surface area contributed by atoms with E-state index in [1.807, 2.05) is 30.3 Å². The lowest BCUT2D eigenvalue weighted by molar-refractivity contribution is 0.0952. The second kappa shape index (κ2) is 6.40. The summed E-state index contributed by atoms with van der Waals surface area (Å²) in [5.41, 5.74) is 3.30.